The van der Waals surface area contributed by atoms with Crippen LogP contribution in [0.4, 0.5) is 0 Å². The minimum atomic E-state index is -0.122. The van der Waals surface area contributed by atoms with Crippen molar-refractivity contribution in [2.45, 2.75) is 26.2 Å². The van der Waals surface area contributed by atoms with Crippen LogP contribution in [0, 0.1) is 0 Å². The molecule has 0 atom stereocenters. The monoisotopic (exact) mass is 292 g/mol. The van der Waals surface area contributed by atoms with Gasteiger partial charge in [0.25, 0.3) is 0 Å². The zero-order valence-electron chi connectivity index (χ0n) is 10.9. The highest BCUT2D eigenvalue weighted by atomic mass is 35.5. The molecule has 2 heterocycles. The van der Waals surface area contributed by atoms with E-state index >= 15 is 0 Å². The first-order valence-corrected chi connectivity index (χ1v) is 7.17. The first kappa shape index (κ1) is 12.6. The Hall–Kier alpha value is -1.46. The number of rotatable bonds is 1. The summed E-state index contributed by atoms with van der Waals surface area (Å²) in [7, 11) is 0. The van der Waals surface area contributed by atoms with Crippen LogP contribution in [0.2, 0.25) is 5.28 Å². The molecule has 1 aromatic carbocycles. The molecular formula is C13H13ClN4S. The molecule has 0 aliphatic heterocycles. The fourth-order valence-corrected chi connectivity index (χ4v) is 2.89. The molecule has 98 valence electrons. The predicted octanol–water partition coefficient (Wildman–Crippen LogP) is 3.83. The number of benzene rings is 1. The van der Waals surface area contributed by atoms with E-state index in [-0.39, 0.29) is 5.41 Å². The van der Waals surface area contributed by atoms with Crippen molar-refractivity contribution in [3.63, 3.8) is 0 Å². The van der Waals surface area contributed by atoms with Crippen LogP contribution >= 0.6 is 22.9 Å². The van der Waals surface area contributed by atoms with Gasteiger partial charge in [0.15, 0.2) is 0 Å². The molecule has 0 N–H and O–H groups in total. The van der Waals surface area contributed by atoms with Crippen molar-refractivity contribution in [1.82, 2.24) is 19.7 Å². The van der Waals surface area contributed by atoms with E-state index in [1.54, 1.807) is 11.3 Å². The minimum absolute atomic E-state index is 0.122. The number of nitrogens with zero attached hydrogens (tertiary/aromatic N) is 4. The molecule has 6 heteroatoms. The average molecular weight is 293 g/mol. The highest BCUT2D eigenvalue weighted by molar-refractivity contribution is 7.16. The molecule has 19 heavy (non-hydrogen) atoms. The fraction of sp³-hybridized carbons (Fsp3) is 0.308. The van der Waals surface area contributed by atoms with Gasteiger partial charge in [0.1, 0.15) is 5.82 Å². The second kappa shape index (κ2) is 4.28. The lowest BCUT2D eigenvalue weighted by Crippen LogP contribution is -2.18. The zero-order chi connectivity index (χ0) is 13.6. The van der Waals surface area contributed by atoms with Gasteiger partial charge in [-0.15, -0.1) is 21.5 Å². The summed E-state index contributed by atoms with van der Waals surface area (Å²) in [5.74, 6) is 0.848. The second-order valence-corrected chi connectivity index (χ2v) is 6.61. The number of thiazole rings is 1. The maximum Gasteiger partial charge on any atom is 0.229 e. The van der Waals surface area contributed by atoms with E-state index in [4.69, 9.17) is 11.6 Å². The molecule has 0 fully saturated rings. The lowest BCUT2D eigenvalue weighted by Gasteiger charge is -2.18. The summed E-state index contributed by atoms with van der Waals surface area (Å²) in [5.41, 5.74) is 3.68. The first-order chi connectivity index (χ1) is 8.97. The number of hydrogen-bond acceptors (Lipinski definition) is 4. The maximum atomic E-state index is 6.19. The normalized spacial score (nSPS) is 12.2. The molecule has 0 aliphatic carbocycles. The van der Waals surface area contributed by atoms with E-state index in [9.17, 15) is 0 Å². The number of aromatic nitrogens is 4. The van der Waals surface area contributed by atoms with Gasteiger partial charge >= 0.3 is 0 Å². The Morgan fingerprint density at radius 1 is 1.21 bits per heavy atom. The summed E-state index contributed by atoms with van der Waals surface area (Å²) in [5, 5.41) is 8.58. The van der Waals surface area contributed by atoms with Gasteiger partial charge in [-0.1, -0.05) is 20.8 Å². The maximum absolute atomic E-state index is 6.19. The molecular weight excluding hydrogens is 280 g/mol. The first-order valence-electron chi connectivity index (χ1n) is 5.92. The summed E-state index contributed by atoms with van der Waals surface area (Å²) in [6, 6.07) is 6.05. The quantitative estimate of drug-likeness (QED) is 0.684. The molecule has 0 spiro atoms. The summed E-state index contributed by atoms with van der Waals surface area (Å²) in [4.78, 5) is 4.28. The molecule has 0 aliphatic rings. The number of fused-ring (bicyclic) bond motifs is 1. The van der Waals surface area contributed by atoms with Crippen LogP contribution in [-0.4, -0.2) is 19.7 Å². The summed E-state index contributed by atoms with van der Waals surface area (Å²) < 4.78 is 3.02. The molecule has 2 aromatic heterocycles. The molecule has 0 radical (unpaired) electrons. The lowest BCUT2D eigenvalue weighted by molar-refractivity contribution is 0.533. The van der Waals surface area contributed by atoms with Gasteiger partial charge in [-0.2, -0.15) is 0 Å². The topological polar surface area (TPSA) is 43.6 Å². The highest BCUT2D eigenvalue weighted by Crippen LogP contribution is 2.28. The van der Waals surface area contributed by atoms with E-state index in [0.29, 0.717) is 5.28 Å². The van der Waals surface area contributed by atoms with Crippen molar-refractivity contribution >= 4 is 33.2 Å². The van der Waals surface area contributed by atoms with Crippen LogP contribution < -0.4 is 0 Å². The lowest BCUT2D eigenvalue weighted by atomic mass is 9.95. The summed E-state index contributed by atoms with van der Waals surface area (Å²) >= 11 is 7.80. The molecule has 3 rings (SSSR count). The van der Waals surface area contributed by atoms with Crippen LogP contribution in [0.25, 0.3) is 15.9 Å². The number of halogens is 1. The van der Waals surface area contributed by atoms with Crippen molar-refractivity contribution in [2.24, 2.45) is 0 Å². The Balaban J connectivity index is 2.23. The second-order valence-electron chi connectivity index (χ2n) is 5.38. The zero-order valence-corrected chi connectivity index (χ0v) is 12.5. The standard InChI is InChI=1S/C13H13ClN4S/c1-13(2,3)11-16-17-12(14)18(11)8-4-5-9-10(6-8)19-7-15-9/h4-7H,1-3H3. The van der Waals surface area contributed by atoms with Crippen LogP contribution in [0.15, 0.2) is 23.7 Å². The SMILES string of the molecule is CC(C)(C)c1nnc(Cl)n1-c1ccc2ncsc2c1. The van der Waals surface area contributed by atoms with Gasteiger partial charge in [0.05, 0.1) is 21.4 Å². The molecule has 0 saturated carbocycles. The molecule has 0 bridgehead atoms. The summed E-state index contributed by atoms with van der Waals surface area (Å²) in [6.07, 6.45) is 0. The van der Waals surface area contributed by atoms with E-state index in [2.05, 4.69) is 42.0 Å². The van der Waals surface area contributed by atoms with Crippen molar-refractivity contribution in [3.8, 4) is 5.69 Å². The van der Waals surface area contributed by atoms with E-state index in [1.165, 1.54) is 0 Å². The van der Waals surface area contributed by atoms with Crippen molar-refractivity contribution in [2.75, 3.05) is 0 Å². The molecule has 0 amide bonds. The number of hydrogen-bond donors (Lipinski definition) is 0. The van der Waals surface area contributed by atoms with Crippen LogP contribution in [0.5, 0.6) is 0 Å². The van der Waals surface area contributed by atoms with E-state index < -0.39 is 0 Å². The van der Waals surface area contributed by atoms with Crippen LogP contribution in [0.1, 0.15) is 26.6 Å². The van der Waals surface area contributed by atoms with Crippen molar-refractivity contribution in [1.29, 1.82) is 0 Å². The van der Waals surface area contributed by atoms with Gasteiger partial charge in [0.2, 0.25) is 5.28 Å². The third kappa shape index (κ3) is 2.13. The smallest absolute Gasteiger partial charge is 0.229 e. The minimum Gasteiger partial charge on any atom is -0.269 e. The molecule has 0 saturated heterocycles. The van der Waals surface area contributed by atoms with Gasteiger partial charge in [-0.25, -0.2) is 4.98 Å². The van der Waals surface area contributed by atoms with Crippen molar-refractivity contribution in [3.05, 3.63) is 34.8 Å². The third-order valence-electron chi connectivity index (χ3n) is 2.87. The van der Waals surface area contributed by atoms with Gasteiger partial charge in [0, 0.05) is 5.41 Å². The Morgan fingerprint density at radius 3 is 2.74 bits per heavy atom. The van der Waals surface area contributed by atoms with Crippen LogP contribution in [-0.2, 0) is 5.41 Å². The van der Waals surface area contributed by atoms with Gasteiger partial charge < -0.3 is 0 Å². The van der Waals surface area contributed by atoms with E-state index in [1.807, 2.05) is 22.2 Å². The third-order valence-corrected chi connectivity index (χ3v) is 3.90. The molecule has 4 nitrogen and oxygen atoms in total. The van der Waals surface area contributed by atoms with Gasteiger partial charge in [-0.05, 0) is 29.8 Å². The Morgan fingerprint density at radius 2 is 2.00 bits per heavy atom. The molecule has 3 aromatic rings. The van der Waals surface area contributed by atoms with Crippen LogP contribution in [0.3, 0.4) is 0 Å². The van der Waals surface area contributed by atoms with Gasteiger partial charge in [-0.3, -0.25) is 4.57 Å². The Labute approximate surface area is 120 Å². The fourth-order valence-electron chi connectivity index (χ4n) is 1.96. The Bertz CT molecular complexity index is 739. The summed E-state index contributed by atoms with van der Waals surface area (Å²) in [6.45, 7) is 6.28. The molecule has 0 unspecified atom stereocenters. The Kier molecular flexibility index (Phi) is 2.83. The predicted molar refractivity (Wildman–Crippen MR) is 78.2 cm³/mol. The van der Waals surface area contributed by atoms with E-state index in [0.717, 1.165) is 21.7 Å². The largest absolute Gasteiger partial charge is 0.269 e. The highest BCUT2D eigenvalue weighted by Gasteiger charge is 2.24. The average Bonchev–Trinajstić information content (AvgIpc) is 2.92. The van der Waals surface area contributed by atoms with Crippen molar-refractivity contribution < 1.29 is 0 Å².